The zero-order valence-corrected chi connectivity index (χ0v) is 27.2. The first kappa shape index (κ1) is 40.3. The van der Waals surface area contributed by atoms with Crippen LogP contribution in [0, 0.1) is 29.6 Å². The summed E-state index contributed by atoms with van der Waals surface area (Å²) >= 11 is 0. The fraction of sp³-hybridized carbons (Fsp3) is 0.556. The molecule has 0 bridgehead atoms. The molecule has 0 fully saturated rings. The van der Waals surface area contributed by atoms with Gasteiger partial charge in [-0.15, -0.1) is 0 Å². The maximum Gasteiger partial charge on any atom is 0.306 e. The highest BCUT2D eigenvalue weighted by atomic mass is 16.4. The van der Waals surface area contributed by atoms with Crippen molar-refractivity contribution < 1.29 is 39.6 Å². The lowest BCUT2D eigenvalue weighted by atomic mass is 9.91. The van der Waals surface area contributed by atoms with Crippen molar-refractivity contribution >= 4 is 23.9 Å². The van der Waals surface area contributed by atoms with Gasteiger partial charge < -0.3 is 20.4 Å². The first-order valence-corrected chi connectivity index (χ1v) is 15.7. The lowest BCUT2D eigenvalue weighted by Gasteiger charge is -2.15. The molecule has 0 saturated carbocycles. The van der Waals surface area contributed by atoms with Gasteiger partial charge in [0.25, 0.3) is 0 Å². The summed E-state index contributed by atoms with van der Waals surface area (Å²) < 4.78 is 0. The molecule has 2 unspecified atom stereocenters. The number of carboxylic acid groups (broad SMARTS) is 4. The normalized spacial score (nSPS) is 12.0. The van der Waals surface area contributed by atoms with E-state index in [0.717, 1.165) is 28.9 Å². The topological polar surface area (TPSA) is 149 Å². The molecule has 0 aliphatic rings. The van der Waals surface area contributed by atoms with Crippen LogP contribution in [0.1, 0.15) is 97.1 Å². The van der Waals surface area contributed by atoms with E-state index in [1.165, 1.54) is 12.8 Å². The Hall–Kier alpha value is -3.68. The van der Waals surface area contributed by atoms with Gasteiger partial charge in [0.15, 0.2) is 0 Å². The minimum absolute atomic E-state index is 0.0264. The summed E-state index contributed by atoms with van der Waals surface area (Å²) in [5, 5.41) is 35.1. The lowest BCUT2D eigenvalue weighted by molar-refractivity contribution is -0.143. The molecule has 246 valence electrons. The maximum absolute atomic E-state index is 11.0. The summed E-state index contributed by atoms with van der Waals surface area (Å²) in [4.78, 5) is 42.8. The van der Waals surface area contributed by atoms with Gasteiger partial charge in [-0.1, -0.05) is 95.3 Å². The van der Waals surface area contributed by atoms with Crippen molar-refractivity contribution in [1.29, 1.82) is 0 Å². The minimum atomic E-state index is -0.881. The van der Waals surface area contributed by atoms with E-state index in [0.29, 0.717) is 38.5 Å². The number of carbonyl (C=O) groups is 4. The third-order valence-corrected chi connectivity index (χ3v) is 6.98. The second-order valence-corrected chi connectivity index (χ2v) is 12.4. The van der Waals surface area contributed by atoms with Crippen molar-refractivity contribution in [2.24, 2.45) is 29.6 Å². The number of hydrogen-bond donors (Lipinski definition) is 4. The summed E-state index contributed by atoms with van der Waals surface area (Å²) in [6.07, 6.45) is 5.34. The average molecular weight is 615 g/mol. The molecule has 0 radical (unpaired) electrons. The number of rotatable bonds is 18. The molecule has 0 aliphatic heterocycles. The number of carboxylic acids is 4. The number of benzene rings is 2. The van der Waals surface area contributed by atoms with E-state index >= 15 is 0 Å². The fourth-order valence-electron chi connectivity index (χ4n) is 5.13. The van der Waals surface area contributed by atoms with E-state index in [1.807, 2.05) is 60.7 Å². The van der Waals surface area contributed by atoms with Crippen LogP contribution in [0.3, 0.4) is 0 Å². The highest BCUT2D eigenvalue weighted by Gasteiger charge is 2.19. The van der Waals surface area contributed by atoms with Crippen LogP contribution in [-0.4, -0.2) is 44.3 Å². The quantitative estimate of drug-likeness (QED) is 0.132. The molecule has 0 aliphatic carbocycles. The van der Waals surface area contributed by atoms with Gasteiger partial charge in [-0.2, -0.15) is 0 Å². The van der Waals surface area contributed by atoms with Gasteiger partial charge >= 0.3 is 23.9 Å². The summed E-state index contributed by atoms with van der Waals surface area (Å²) in [6.45, 7) is 11.6. The molecule has 2 atom stereocenters. The van der Waals surface area contributed by atoms with Crippen LogP contribution in [-0.2, 0) is 32.0 Å². The third-order valence-electron chi connectivity index (χ3n) is 6.98. The largest absolute Gasteiger partial charge is 0.481 e. The Kier molecular flexibility index (Phi) is 21.8. The number of aliphatic carboxylic acids is 4. The Balaban J connectivity index is 0.000000655. The molecule has 8 heteroatoms. The molecule has 2 rings (SSSR count). The Morgan fingerprint density at radius 2 is 0.864 bits per heavy atom. The number of hydrogen-bond acceptors (Lipinski definition) is 4. The second-order valence-electron chi connectivity index (χ2n) is 12.4. The zero-order valence-electron chi connectivity index (χ0n) is 27.2. The molecule has 0 spiro atoms. The third kappa shape index (κ3) is 22.9. The monoisotopic (exact) mass is 614 g/mol. The van der Waals surface area contributed by atoms with E-state index in [-0.39, 0.29) is 12.8 Å². The van der Waals surface area contributed by atoms with Crippen molar-refractivity contribution in [1.82, 2.24) is 0 Å². The smallest absolute Gasteiger partial charge is 0.306 e. The van der Waals surface area contributed by atoms with Crippen LogP contribution in [0.25, 0.3) is 0 Å². The predicted molar refractivity (Wildman–Crippen MR) is 174 cm³/mol. The van der Waals surface area contributed by atoms with Crippen LogP contribution in [0.4, 0.5) is 0 Å². The Bertz CT molecular complexity index is 981. The molecule has 44 heavy (non-hydrogen) atoms. The van der Waals surface area contributed by atoms with Crippen molar-refractivity contribution in [2.75, 3.05) is 0 Å². The highest BCUT2D eigenvalue weighted by Crippen LogP contribution is 2.19. The molecule has 8 nitrogen and oxygen atoms in total. The van der Waals surface area contributed by atoms with Gasteiger partial charge in [-0.3, -0.25) is 19.2 Å². The molecular formula is C36H54O8. The van der Waals surface area contributed by atoms with E-state index in [1.54, 1.807) is 0 Å². The van der Waals surface area contributed by atoms with Crippen LogP contribution in [0.5, 0.6) is 0 Å². The second kappa shape index (κ2) is 23.7. The van der Waals surface area contributed by atoms with Crippen molar-refractivity contribution in [3.05, 3.63) is 71.8 Å². The highest BCUT2D eigenvalue weighted by molar-refractivity contribution is 5.71. The molecule has 2 aromatic carbocycles. The minimum Gasteiger partial charge on any atom is -0.481 e. The summed E-state index contributed by atoms with van der Waals surface area (Å²) in [5.41, 5.74) is 1.94. The summed E-state index contributed by atoms with van der Waals surface area (Å²) in [7, 11) is 0. The lowest BCUT2D eigenvalue weighted by Crippen LogP contribution is -2.16. The van der Waals surface area contributed by atoms with E-state index < -0.39 is 35.7 Å². The van der Waals surface area contributed by atoms with Gasteiger partial charge in [0.2, 0.25) is 0 Å². The molecule has 0 saturated heterocycles. The van der Waals surface area contributed by atoms with Crippen LogP contribution in [0.2, 0.25) is 0 Å². The molecule has 0 heterocycles. The van der Waals surface area contributed by atoms with Crippen molar-refractivity contribution in [2.45, 2.75) is 98.8 Å². The van der Waals surface area contributed by atoms with Crippen LogP contribution < -0.4 is 0 Å². The summed E-state index contributed by atoms with van der Waals surface area (Å²) in [5.74, 6) is -1.84. The summed E-state index contributed by atoms with van der Waals surface area (Å²) in [6, 6.07) is 18.8. The first-order chi connectivity index (χ1) is 20.7. The van der Waals surface area contributed by atoms with Crippen molar-refractivity contribution in [3.8, 4) is 0 Å². The van der Waals surface area contributed by atoms with E-state index in [2.05, 4.69) is 34.6 Å². The van der Waals surface area contributed by atoms with Gasteiger partial charge in [0.05, 0.1) is 11.8 Å². The van der Waals surface area contributed by atoms with E-state index in [4.69, 9.17) is 20.4 Å². The molecule has 2 aromatic rings. The standard InChI is InChI=1S/2C13H16O4.C10H22/c2*14-12(15)8-4-7-11(13(16)17)9-10-5-2-1-3-6-10;1-8(2)6-10(5)7-9(3)4/h2*1-3,5-6,11H,4,7-9H2,(H,14,15)(H,16,17);8-10H,6-7H2,1-5H3. The van der Waals surface area contributed by atoms with Crippen molar-refractivity contribution in [3.63, 3.8) is 0 Å². The molecular weight excluding hydrogens is 560 g/mol. The van der Waals surface area contributed by atoms with Crippen LogP contribution in [0.15, 0.2) is 60.7 Å². The molecule has 4 N–H and O–H groups in total. The van der Waals surface area contributed by atoms with Crippen LogP contribution >= 0.6 is 0 Å². The Morgan fingerprint density at radius 3 is 1.11 bits per heavy atom. The molecule has 0 aromatic heterocycles. The van der Waals surface area contributed by atoms with Gasteiger partial charge in [-0.05, 0) is 80.2 Å². The fourth-order valence-corrected chi connectivity index (χ4v) is 5.13. The Morgan fingerprint density at radius 1 is 0.545 bits per heavy atom. The average Bonchev–Trinajstić information content (AvgIpc) is 2.92. The molecule has 0 amide bonds. The van der Waals surface area contributed by atoms with E-state index in [9.17, 15) is 19.2 Å². The van der Waals surface area contributed by atoms with Gasteiger partial charge in [-0.25, -0.2) is 0 Å². The Labute approximate surface area is 263 Å². The SMILES string of the molecule is CC(C)CC(C)CC(C)C.O=C(O)CCCC(Cc1ccccc1)C(=O)O.O=C(O)CCCC(Cc1ccccc1)C(=O)O. The zero-order chi connectivity index (χ0) is 33.5. The predicted octanol–water partition coefficient (Wildman–Crippen LogP) is 8.08. The first-order valence-electron chi connectivity index (χ1n) is 15.7. The van der Waals surface area contributed by atoms with Gasteiger partial charge in [0.1, 0.15) is 0 Å². The maximum atomic E-state index is 11.0. The van der Waals surface area contributed by atoms with Gasteiger partial charge in [0, 0.05) is 12.8 Å².